The van der Waals surface area contributed by atoms with Crippen molar-refractivity contribution in [1.82, 2.24) is 20.2 Å². The molecule has 0 aliphatic rings. The van der Waals surface area contributed by atoms with Gasteiger partial charge >= 0.3 is 0 Å². The summed E-state index contributed by atoms with van der Waals surface area (Å²) in [4.78, 5) is 0. The van der Waals surface area contributed by atoms with Gasteiger partial charge in [-0.3, -0.25) is 0 Å². The number of hydrogen-bond donors (Lipinski definition) is 1. The Morgan fingerprint density at radius 1 is 1.24 bits per heavy atom. The maximum absolute atomic E-state index is 14.1. The number of nitrogen functional groups attached to an aromatic ring is 1. The second-order valence-electron chi connectivity index (χ2n) is 4.56. The van der Waals surface area contributed by atoms with Gasteiger partial charge in [0.1, 0.15) is 11.5 Å². The van der Waals surface area contributed by atoms with E-state index in [0.29, 0.717) is 27.7 Å². The molecular weight excluding hydrogens is 293 g/mol. The number of halogens is 2. The Labute approximate surface area is 125 Å². The molecule has 2 N–H and O–H groups in total. The highest BCUT2D eigenvalue weighted by Crippen LogP contribution is 2.30. The minimum absolute atomic E-state index is 0.288. The third-order valence-corrected chi connectivity index (χ3v) is 3.43. The van der Waals surface area contributed by atoms with E-state index in [1.54, 1.807) is 37.3 Å². The molecule has 0 amide bonds. The molecule has 7 heteroatoms. The maximum atomic E-state index is 14.1. The van der Waals surface area contributed by atoms with Crippen molar-refractivity contribution in [3.63, 3.8) is 0 Å². The molecule has 0 fully saturated rings. The number of para-hydroxylation sites is 1. The molecule has 0 radical (unpaired) electrons. The molecule has 2 aromatic carbocycles. The number of aromatic nitrogens is 4. The topological polar surface area (TPSA) is 69.6 Å². The first kappa shape index (κ1) is 13.5. The third kappa shape index (κ3) is 2.34. The Balaban J connectivity index is 2.25. The van der Waals surface area contributed by atoms with Crippen LogP contribution >= 0.6 is 11.6 Å². The Bertz CT molecular complexity index is 795. The summed E-state index contributed by atoms with van der Waals surface area (Å²) in [6, 6.07) is 9.75. The van der Waals surface area contributed by atoms with Crippen LogP contribution in [0.4, 0.5) is 10.1 Å². The summed E-state index contributed by atoms with van der Waals surface area (Å²) in [5.74, 6) is -0.0796. The second-order valence-corrected chi connectivity index (χ2v) is 4.97. The Morgan fingerprint density at radius 2 is 2.05 bits per heavy atom. The predicted molar refractivity (Wildman–Crippen MR) is 78.7 cm³/mol. The summed E-state index contributed by atoms with van der Waals surface area (Å²) in [5.41, 5.74) is 7.84. The molecule has 5 nitrogen and oxygen atoms in total. The van der Waals surface area contributed by atoms with E-state index in [2.05, 4.69) is 15.5 Å². The van der Waals surface area contributed by atoms with Crippen molar-refractivity contribution in [2.45, 2.75) is 6.92 Å². The zero-order chi connectivity index (χ0) is 15.0. The van der Waals surface area contributed by atoms with Crippen molar-refractivity contribution >= 4 is 17.3 Å². The van der Waals surface area contributed by atoms with E-state index in [1.807, 2.05) is 0 Å². The molecule has 0 aliphatic heterocycles. The van der Waals surface area contributed by atoms with Crippen LogP contribution < -0.4 is 5.73 Å². The first-order valence-corrected chi connectivity index (χ1v) is 6.55. The summed E-state index contributed by atoms with van der Waals surface area (Å²) in [6.45, 7) is 1.78. The first-order chi connectivity index (χ1) is 10.1. The van der Waals surface area contributed by atoms with Crippen LogP contribution in [0.15, 0.2) is 36.4 Å². The first-order valence-electron chi connectivity index (χ1n) is 6.17. The molecule has 0 aliphatic carbocycles. The van der Waals surface area contributed by atoms with E-state index < -0.39 is 5.82 Å². The fourth-order valence-electron chi connectivity index (χ4n) is 2.11. The average Bonchev–Trinajstić information content (AvgIpc) is 2.90. The molecule has 0 spiro atoms. The number of hydrogen-bond acceptors (Lipinski definition) is 4. The minimum atomic E-state index is -0.413. The quantitative estimate of drug-likeness (QED) is 0.739. The van der Waals surface area contributed by atoms with Gasteiger partial charge in [0.25, 0.3) is 0 Å². The largest absolute Gasteiger partial charge is 0.399 e. The molecular formula is C14H11ClFN5. The van der Waals surface area contributed by atoms with Crippen LogP contribution in [-0.2, 0) is 0 Å². The number of rotatable bonds is 2. The Hall–Kier alpha value is -2.47. The molecule has 21 heavy (non-hydrogen) atoms. The normalized spacial score (nSPS) is 10.8. The third-order valence-electron chi connectivity index (χ3n) is 3.10. The summed E-state index contributed by atoms with van der Waals surface area (Å²) in [6.07, 6.45) is 0. The molecule has 3 rings (SSSR count). The number of aryl methyl sites for hydroxylation is 1. The highest BCUT2D eigenvalue weighted by molar-refractivity contribution is 6.33. The van der Waals surface area contributed by atoms with Crippen molar-refractivity contribution < 1.29 is 4.39 Å². The molecule has 0 saturated heterocycles. The molecule has 0 atom stereocenters. The monoisotopic (exact) mass is 303 g/mol. The molecule has 1 heterocycles. The highest BCUT2D eigenvalue weighted by Gasteiger charge is 2.18. The summed E-state index contributed by atoms with van der Waals surface area (Å²) in [5, 5.41) is 11.9. The maximum Gasteiger partial charge on any atom is 0.188 e. The lowest BCUT2D eigenvalue weighted by Crippen LogP contribution is -2.05. The van der Waals surface area contributed by atoms with E-state index in [-0.39, 0.29) is 5.69 Å². The molecule has 106 valence electrons. The van der Waals surface area contributed by atoms with Gasteiger partial charge < -0.3 is 5.73 Å². The second kappa shape index (κ2) is 5.14. The van der Waals surface area contributed by atoms with Crippen molar-refractivity contribution in [2.24, 2.45) is 0 Å². The van der Waals surface area contributed by atoms with Gasteiger partial charge in [-0.15, -0.1) is 5.10 Å². The van der Waals surface area contributed by atoms with Gasteiger partial charge in [0.15, 0.2) is 5.82 Å². The van der Waals surface area contributed by atoms with Crippen LogP contribution in [0.1, 0.15) is 5.56 Å². The Kier molecular flexibility index (Phi) is 3.31. The molecule has 1 aromatic heterocycles. The number of benzene rings is 2. The number of anilines is 1. The zero-order valence-electron chi connectivity index (χ0n) is 11.1. The van der Waals surface area contributed by atoms with E-state index in [1.165, 1.54) is 10.7 Å². The van der Waals surface area contributed by atoms with Gasteiger partial charge in [0.2, 0.25) is 0 Å². The van der Waals surface area contributed by atoms with Crippen molar-refractivity contribution in [1.29, 1.82) is 0 Å². The van der Waals surface area contributed by atoms with Crippen LogP contribution in [0.5, 0.6) is 0 Å². The van der Waals surface area contributed by atoms with Gasteiger partial charge in [-0.25, -0.2) is 4.39 Å². The average molecular weight is 304 g/mol. The lowest BCUT2D eigenvalue weighted by atomic mass is 10.1. The standard InChI is InChI=1S/C14H11ClFN5/c1-8-3-2-4-12(16)13(8)21-14(18-19-20-21)10-7-9(17)5-6-11(10)15/h2-7H,17H2,1H3. The molecule has 0 saturated carbocycles. The fraction of sp³-hybridized carbons (Fsp3) is 0.0714. The number of tetrazole rings is 1. The van der Waals surface area contributed by atoms with Gasteiger partial charge in [-0.05, 0) is 47.2 Å². The Morgan fingerprint density at radius 3 is 2.81 bits per heavy atom. The summed E-state index contributed by atoms with van der Waals surface area (Å²) >= 11 is 6.17. The summed E-state index contributed by atoms with van der Waals surface area (Å²) < 4.78 is 15.4. The highest BCUT2D eigenvalue weighted by atomic mass is 35.5. The van der Waals surface area contributed by atoms with Crippen LogP contribution in [0.25, 0.3) is 17.1 Å². The zero-order valence-corrected chi connectivity index (χ0v) is 11.8. The minimum Gasteiger partial charge on any atom is -0.399 e. The van der Waals surface area contributed by atoms with Gasteiger partial charge in [-0.2, -0.15) is 4.68 Å². The van der Waals surface area contributed by atoms with E-state index >= 15 is 0 Å². The number of nitrogens with two attached hydrogens (primary N) is 1. The lowest BCUT2D eigenvalue weighted by Gasteiger charge is -2.10. The van der Waals surface area contributed by atoms with E-state index in [9.17, 15) is 4.39 Å². The smallest absolute Gasteiger partial charge is 0.188 e. The van der Waals surface area contributed by atoms with Crippen molar-refractivity contribution in [3.05, 3.63) is 52.8 Å². The predicted octanol–water partition coefficient (Wildman–Crippen LogP) is 3.01. The number of nitrogens with zero attached hydrogens (tertiary/aromatic N) is 4. The van der Waals surface area contributed by atoms with Gasteiger partial charge in [-0.1, -0.05) is 23.7 Å². The fourth-order valence-corrected chi connectivity index (χ4v) is 2.31. The summed E-state index contributed by atoms with van der Waals surface area (Å²) in [7, 11) is 0. The molecule has 0 unspecified atom stereocenters. The lowest BCUT2D eigenvalue weighted by molar-refractivity contribution is 0.606. The SMILES string of the molecule is Cc1cccc(F)c1-n1nnnc1-c1cc(N)ccc1Cl. The van der Waals surface area contributed by atoms with Crippen LogP contribution in [0.3, 0.4) is 0 Å². The van der Waals surface area contributed by atoms with Gasteiger partial charge in [0.05, 0.1) is 5.02 Å². The molecule has 3 aromatic rings. The van der Waals surface area contributed by atoms with E-state index in [4.69, 9.17) is 17.3 Å². The molecule has 0 bridgehead atoms. The van der Waals surface area contributed by atoms with Gasteiger partial charge in [0, 0.05) is 11.3 Å². The van der Waals surface area contributed by atoms with E-state index in [0.717, 1.165) is 0 Å². The van der Waals surface area contributed by atoms with Crippen molar-refractivity contribution in [2.75, 3.05) is 5.73 Å². The van der Waals surface area contributed by atoms with Crippen LogP contribution in [0.2, 0.25) is 5.02 Å². The van der Waals surface area contributed by atoms with Crippen LogP contribution in [-0.4, -0.2) is 20.2 Å². The van der Waals surface area contributed by atoms with Crippen LogP contribution in [0, 0.1) is 12.7 Å². The van der Waals surface area contributed by atoms with Crippen molar-refractivity contribution in [3.8, 4) is 17.1 Å².